The summed E-state index contributed by atoms with van der Waals surface area (Å²) in [5.41, 5.74) is 0.998. The molecule has 0 spiro atoms. The highest BCUT2D eigenvalue weighted by molar-refractivity contribution is 7.12. The largest absolute Gasteiger partial charge is 0.501 e. The maximum absolute atomic E-state index is 10.0. The molecule has 14 heavy (non-hydrogen) atoms. The van der Waals surface area contributed by atoms with E-state index >= 15 is 0 Å². The Bertz CT molecular complexity index is 341. The third-order valence-corrected chi connectivity index (χ3v) is 3.40. The van der Waals surface area contributed by atoms with Crippen LogP contribution in [0, 0.1) is 6.92 Å². The van der Waals surface area contributed by atoms with Gasteiger partial charge in [0.1, 0.15) is 6.10 Å². The molecule has 1 N–H and O–H groups in total. The molecule has 0 amide bonds. The minimum Gasteiger partial charge on any atom is -0.501 e. The summed E-state index contributed by atoms with van der Waals surface area (Å²) in [6, 6.07) is 4.02. The first kappa shape index (κ1) is 9.74. The second kappa shape index (κ2) is 4.15. The lowest BCUT2D eigenvalue weighted by Gasteiger charge is -2.17. The van der Waals surface area contributed by atoms with Crippen molar-refractivity contribution in [3.05, 3.63) is 33.7 Å². The zero-order chi connectivity index (χ0) is 9.97. The molecular weight excluding hydrogens is 196 g/mol. The monoisotopic (exact) mass is 210 g/mol. The van der Waals surface area contributed by atoms with Crippen LogP contribution in [0.1, 0.15) is 28.7 Å². The van der Waals surface area contributed by atoms with Crippen molar-refractivity contribution in [2.75, 3.05) is 6.61 Å². The third-order valence-electron chi connectivity index (χ3n) is 2.34. The van der Waals surface area contributed by atoms with Crippen LogP contribution >= 0.6 is 11.3 Å². The van der Waals surface area contributed by atoms with Crippen molar-refractivity contribution in [3.8, 4) is 0 Å². The average Bonchev–Trinajstić information content (AvgIpc) is 2.65. The molecule has 2 nitrogen and oxygen atoms in total. The summed E-state index contributed by atoms with van der Waals surface area (Å²) in [7, 11) is 0. The fourth-order valence-corrected chi connectivity index (χ4v) is 2.48. The molecule has 0 aromatic carbocycles. The smallest absolute Gasteiger partial charge is 0.112 e. The van der Waals surface area contributed by atoms with Gasteiger partial charge in [-0.1, -0.05) is 0 Å². The molecule has 3 heteroatoms. The maximum atomic E-state index is 10.0. The van der Waals surface area contributed by atoms with Gasteiger partial charge in [0.05, 0.1) is 12.9 Å². The van der Waals surface area contributed by atoms with Crippen molar-refractivity contribution in [1.82, 2.24) is 0 Å². The van der Waals surface area contributed by atoms with Gasteiger partial charge in [-0.3, -0.25) is 0 Å². The van der Waals surface area contributed by atoms with Gasteiger partial charge in [0, 0.05) is 9.75 Å². The van der Waals surface area contributed by atoms with E-state index in [1.807, 2.05) is 19.1 Å². The van der Waals surface area contributed by atoms with Crippen LogP contribution in [0.2, 0.25) is 0 Å². The normalized spacial score (nSPS) is 18.6. The van der Waals surface area contributed by atoms with Crippen molar-refractivity contribution >= 4 is 11.3 Å². The molecule has 2 rings (SSSR count). The SMILES string of the molecule is Cc1ccc(C(O)C2=COCCC2)s1. The van der Waals surface area contributed by atoms with Gasteiger partial charge in [0.15, 0.2) is 0 Å². The lowest BCUT2D eigenvalue weighted by molar-refractivity contribution is 0.172. The highest BCUT2D eigenvalue weighted by Crippen LogP contribution is 2.31. The summed E-state index contributed by atoms with van der Waals surface area (Å²) in [6.07, 6.45) is 3.20. The summed E-state index contributed by atoms with van der Waals surface area (Å²) in [5.74, 6) is 0. The fraction of sp³-hybridized carbons (Fsp3) is 0.455. The molecule has 1 unspecified atom stereocenters. The van der Waals surface area contributed by atoms with Crippen LogP contribution in [0.4, 0.5) is 0 Å². The summed E-state index contributed by atoms with van der Waals surface area (Å²) in [6.45, 7) is 2.83. The highest BCUT2D eigenvalue weighted by Gasteiger charge is 2.17. The second-order valence-electron chi connectivity index (χ2n) is 3.52. The maximum Gasteiger partial charge on any atom is 0.112 e. The number of rotatable bonds is 2. The molecule has 0 saturated heterocycles. The molecule has 0 saturated carbocycles. The number of aliphatic hydroxyl groups is 1. The molecule has 1 aromatic heterocycles. The predicted octanol–water partition coefficient (Wildman–Crippen LogP) is 2.78. The number of ether oxygens (including phenoxy) is 1. The first-order valence-electron chi connectivity index (χ1n) is 4.82. The van der Waals surface area contributed by atoms with Crippen LogP contribution in [0.25, 0.3) is 0 Å². The average molecular weight is 210 g/mol. The molecule has 0 radical (unpaired) electrons. The minimum atomic E-state index is -0.464. The van der Waals surface area contributed by atoms with Crippen LogP contribution < -0.4 is 0 Å². The van der Waals surface area contributed by atoms with Gasteiger partial charge in [-0.25, -0.2) is 0 Å². The Morgan fingerprint density at radius 3 is 2.93 bits per heavy atom. The molecule has 1 aliphatic rings. The fourth-order valence-electron chi connectivity index (χ4n) is 1.57. The van der Waals surface area contributed by atoms with Crippen LogP contribution in [0.3, 0.4) is 0 Å². The molecule has 0 aliphatic carbocycles. The topological polar surface area (TPSA) is 29.5 Å². The molecule has 2 heterocycles. The molecule has 1 aliphatic heterocycles. The Labute approximate surface area is 87.8 Å². The van der Waals surface area contributed by atoms with Crippen molar-refractivity contribution < 1.29 is 9.84 Å². The van der Waals surface area contributed by atoms with Crippen molar-refractivity contribution in [1.29, 1.82) is 0 Å². The zero-order valence-electron chi connectivity index (χ0n) is 8.19. The molecule has 1 aromatic rings. The summed E-state index contributed by atoms with van der Waals surface area (Å²) < 4.78 is 5.21. The first-order valence-corrected chi connectivity index (χ1v) is 5.64. The molecular formula is C11H14O2S. The standard InChI is InChI=1S/C11H14O2S/c1-8-4-5-10(14-8)11(12)9-3-2-6-13-7-9/h4-5,7,11-12H,2-3,6H2,1H3. The molecule has 0 fully saturated rings. The summed E-state index contributed by atoms with van der Waals surface area (Å²) in [5, 5.41) is 10.0. The number of aryl methyl sites for hydroxylation is 1. The quantitative estimate of drug-likeness (QED) is 0.813. The first-order chi connectivity index (χ1) is 6.77. The van der Waals surface area contributed by atoms with Gasteiger partial charge < -0.3 is 9.84 Å². The van der Waals surface area contributed by atoms with E-state index < -0.39 is 6.10 Å². The lowest BCUT2D eigenvalue weighted by atomic mass is 10.0. The predicted molar refractivity (Wildman–Crippen MR) is 57.3 cm³/mol. The van der Waals surface area contributed by atoms with Crippen molar-refractivity contribution in [2.45, 2.75) is 25.9 Å². The number of aliphatic hydroxyl groups excluding tert-OH is 1. The van der Waals surface area contributed by atoms with Gasteiger partial charge in [-0.2, -0.15) is 0 Å². The van der Waals surface area contributed by atoms with Gasteiger partial charge in [-0.05, 0) is 37.5 Å². The Morgan fingerprint density at radius 2 is 2.36 bits per heavy atom. The molecule has 1 atom stereocenters. The van der Waals surface area contributed by atoms with E-state index in [-0.39, 0.29) is 0 Å². The number of thiophene rings is 1. The highest BCUT2D eigenvalue weighted by atomic mass is 32.1. The third kappa shape index (κ3) is 1.99. The Balaban J connectivity index is 2.14. The van der Waals surface area contributed by atoms with Crippen LogP contribution in [-0.4, -0.2) is 11.7 Å². The Hall–Kier alpha value is -0.800. The summed E-state index contributed by atoms with van der Waals surface area (Å²) >= 11 is 1.64. The summed E-state index contributed by atoms with van der Waals surface area (Å²) in [4.78, 5) is 2.25. The van der Waals surface area contributed by atoms with Crippen LogP contribution in [0.5, 0.6) is 0 Å². The molecule has 76 valence electrons. The zero-order valence-corrected chi connectivity index (χ0v) is 9.01. The van der Waals surface area contributed by atoms with E-state index in [9.17, 15) is 5.11 Å². The van der Waals surface area contributed by atoms with Crippen LogP contribution in [0.15, 0.2) is 24.0 Å². The van der Waals surface area contributed by atoms with Gasteiger partial charge in [0.2, 0.25) is 0 Å². The van der Waals surface area contributed by atoms with E-state index in [1.165, 1.54) is 4.88 Å². The minimum absolute atomic E-state index is 0.464. The van der Waals surface area contributed by atoms with Crippen molar-refractivity contribution in [2.24, 2.45) is 0 Å². The number of hydrogen-bond donors (Lipinski definition) is 1. The van der Waals surface area contributed by atoms with Crippen LogP contribution in [-0.2, 0) is 4.74 Å². The van der Waals surface area contributed by atoms with Crippen molar-refractivity contribution in [3.63, 3.8) is 0 Å². The second-order valence-corrected chi connectivity index (χ2v) is 4.84. The Morgan fingerprint density at radius 1 is 1.50 bits per heavy atom. The lowest BCUT2D eigenvalue weighted by Crippen LogP contribution is -2.06. The van der Waals surface area contributed by atoms with E-state index in [1.54, 1.807) is 17.6 Å². The van der Waals surface area contributed by atoms with E-state index in [2.05, 4.69) is 0 Å². The van der Waals surface area contributed by atoms with E-state index in [0.717, 1.165) is 29.9 Å². The van der Waals surface area contributed by atoms with Gasteiger partial charge in [0.25, 0.3) is 0 Å². The van der Waals surface area contributed by atoms with E-state index in [4.69, 9.17) is 4.74 Å². The van der Waals surface area contributed by atoms with Gasteiger partial charge >= 0.3 is 0 Å². The number of hydrogen-bond acceptors (Lipinski definition) is 3. The Kier molecular flexibility index (Phi) is 2.89. The van der Waals surface area contributed by atoms with E-state index in [0.29, 0.717) is 0 Å². The molecule has 0 bridgehead atoms. The van der Waals surface area contributed by atoms with Gasteiger partial charge in [-0.15, -0.1) is 11.3 Å².